The average molecular weight is 279 g/mol. The Morgan fingerprint density at radius 1 is 1.20 bits per heavy atom. The molecule has 1 heterocycles. The van der Waals surface area contributed by atoms with Crippen LogP contribution in [-0.4, -0.2) is 50.1 Å². The topological polar surface area (TPSA) is 44.4 Å². The van der Waals surface area contributed by atoms with E-state index >= 15 is 0 Å². The Morgan fingerprint density at radius 2 is 1.85 bits per heavy atom. The summed E-state index contributed by atoms with van der Waals surface area (Å²) in [6.07, 6.45) is 8.53. The van der Waals surface area contributed by atoms with E-state index in [-0.39, 0.29) is 5.54 Å². The normalized spacial score (nSPS) is 30.6. The first-order chi connectivity index (χ1) is 9.58. The number of likely N-dealkylation sites (N-methyl/N-ethyl adjacent to an activating group) is 1. The number of rotatable bonds is 4. The molecule has 0 bridgehead atoms. The van der Waals surface area contributed by atoms with Gasteiger partial charge in [0.05, 0.1) is 0 Å². The smallest absolute Gasteiger partial charge is 0.223 e. The van der Waals surface area contributed by atoms with Crippen molar-refractivity contribution in [2.75, 3.05) is 33.7 Å². The molecule has 2 aliphatic carbocycles. The molecule has 114 valence electrons. The van der Waals surface area contributed by atoms with Gasteiger partial charge in [0.1, 0.15) is 0 Å². The van der Waals surface area contributed by atoms with E-state index in [0.29, 0.717) is 17.2 Å². The average Bonchev–Trinajstić information content (AvgIpc) is 2.92. The zero-order valence-electron chi connectivity index (χ0n) is 13.0. The molecular formula is C16H29N3O. The van der Waals surface area contributed by atoms with E-state index in [2.05, 4.69) is 29.6 Å². The van der Waals surface area contributed by atoms with Crippen LogP contribution >= 0.6 is 0 Å². The van der Waals surface area contributed by atoms with Gasteiger partial charge in [-0.3, -0.25) is 4.79 Å². The summed E-state index contributed by atoms with van der Waals surface area (Å²) in [5, 5.41) is 6.68. The molecule has 1 saturated heterocycles. The molecular weight excluding hydrogens is 250 g/mol. The minimum absolute atomic E-state index is 0.214. The summed E-state index contributed by atoms with van der Waals surface area (Å²) >= 11 is 0. The second-order valence-electron chi connectivity index (χ2n) is 7.41. The van der Waals surface area contributed by atoms with Crippen molar-refractivity contribution < 1.29 is 4.79 Å². The van der Waals surface area contributed by atoms with E-state index in [4.69, 9.17) is 0 Å². The van der Waals surface area contributed by atoms with Crippen LogP contribution in [0.3, 0.4) is 0 Å². The lowest BCUT2D eigenvalue weighted by atomic mass is 9.91. The number of amides is 1. The Balaban J connectivity index is 1.52. The SMILES string of the molecule is CN(C)C1(CNC(=O)C2CC23CCNCC3)CCCC1. The van der Waals surface area contributed by atoms with Gasteiger partial charge in [0, 0.05) is 18.0 Å². The van der Waals surface area contributed by atoms with Crippen LogP contribution in [0, 0.1) is 11.3 Å². The summed E-state index contributed by atoms with van der Waals surface area (Å²) in [4.78, 5) is 14.8. The van der Waals surface area contributed by atoms with Crippen LogP contribution in [0.15, 0.2) is 0 Å². The van der Waals surface area contributed by atoms with Crippen molar-refractivity contribution >= 4 is 5.91 Å². The summed E-state index contributed by atoms with van der Waals surface area (Å²) < 4.78 is 0. The molecule has 0 aromatic rings. The third-order valence-corrected chi connectivity index (χ3v) is 6.18. The van der Waals surface area contributed by atoms with Gasteiger partial charge in [-0.15, -0.1) is 0 Å². The molecule has 0 aromatic heterocycles. The molecule has 3 fully saturated rings. The van der Waals surface area contributed by atoms with Gasteiger partial charge in [-0.1, -0.05) is 12.8 Å². The maximum Gasteiger partial charge on any atom is 0.223 e. The predicted octanol–water partition coefficient (Wildman–Crippen LogP) is 1.37. The van der Waals surface area contributed by atoms with E-state index in [1.54, 1.807) is 0 Å². The molecule has 1 spiro atoms. The third-order valence-electron chi connectivity index (χ3n) is 6.18. The van der Waals surface area contributed by atoms with Crippen LogP contribution in [0.1, 0.15) is 44.9 Å². The largest absolute Gasteiger partial charge is 0.354 e. The fourth-order valence-corrected chi connectivity index (χ4v) is 4.39. The number of piperidine rings is 1. The fraction of sp³-hybridized carbons (Fsp3) is 0.938. The molecule has 3 rings (SSSR count). The molecule has 4 nitrogen and oxygen atoms in total. The van der Waals surface area contributed by atoms with Crippen molar-refractivity contribution in [2.24, 2.45) is 11.3 Å². The van der Waals surface area contributed by atoms with E-state index in [9.17, 15) is 4.79 Å². The van der Waals surface area contributed by atoms with Crippen LogP contribution in [0.5, 0.6) is 0 Å². The Hall–Kier alpha value is -0.610. The summed E-state index contributed by atoms with van der Waals surface area (Å²) in [7, 11) is 4.31. The van der Waals surface area contributed by atoms with E-state index in [1.807, 2.05) is 0 Å². The second-order valence-corrected chi connectivity index (χ2v) is 7.41. The highest BCUT2D eigenvalue weighted by Crippen LogP contribution is 2.58. The minimum atomic E-state index is 0.214. The Labute approximate surface area is 122 Å². The molecule has 2 saturated carbocycles. The maximum atomic E-state index is 12.5. The third kappa shape index (κ3) is 2.48. The molecule has 20 heavy (non-hydrogen) atoms. The van der Waals surface area contributed by atoms with Crippen molar-refractivity contribution in [1.29, 1.82) is 0 Å². The maximum absolute atomic E-state index is 12.5. The van der Waals surface area contributed by atoms with Gasteiger partial charge in [-0.25, -0.2) is 0 Å². The summed E-state index contributed by atoms with van der Waals surface area (Å²) in [6.45, 7) is 3.01. The number of carbonyl (C=O) groups is 1. The number of nitrogens with one attached hydrogen (secondary N) is 2. The first kappa shape index (κ1) is 14.3. The molecule has 1 unspecified atom stereocenters. The summed E-state index contributed by atoms with van der Waals surface area (Å²) in [5.41, 5.74) is 0.572. The number of nitrogens with zero attached hydrogens (tertiary/aromatic N) is 1. The second kappa shape index (κ2) is 5.30. The zero-order chi connectivity index (χ0) is 14.2. The Morgan fingerprint density at radius 3 is 2.45 bits per heavy atom. The molecule has 1 aliphatic heterocycles. The predicted molar refractivity (Wildman–Crippen MR) is 80.5 cm³/mol. The molecule has 1 atom stereocenters. The van der Waals surface area contributed by atoms with Crippen molar-refractivity contribution in [3.8, 4) is 0 Å². The fourth-order valence-electron chi connectivity index (χ4n) is 4.39. The van der Waals surface area contributed by atoms with Gasteiger partial charge in [0.2, 0.25) is 5.91 Å². The number of hydrogen-bond acceptors (Lipinski definition) is 3. The van der Waals surface area contributed by atoms with Crippen LogP contribution in [0.4, 0.5) is 0 Å². The molecule has 0 radical (unpaired) electrons. The van der Waals surface area contributed by atoms with Gasteiger partial charge in [-0.2, -0.15) is 0 Å². The molecule has 3 aliphatic rings. The summed E-state index contributed by atoms with van der Waals surface area (Å²) in [6, 6.07) is 0. The lowest BCUT2D eigenvalue weighted by Crippen LogP contribution is -2.51. The molecule has 4 heteroatoms. The zero-order valence-corrected chi connectivity index (χ0v) is 13.0. The van der Waals surface area contributed by atoms with Crippen molar-refractivity contribution in [3.05, 3.63) is 0 Å². The van der Waals surface area contributed by atoms with E-state index < -0.39 is 0 Å². The molecule has 0 aromatic carbocycles. The number of hydrogen-bond donors (Lipinski definition) is 2. The van der Waals surface area contributed by atoms with Crippen molar-refractivity contribution in [3.63, 3.8) is 0 Å². The van der Waals surface area contributed by atoms with Crippen LogP contribution in [-0.2, 0) is 4.79 Å². The van der Waals surface area contributed by atoms with Gasteiger partial charge in [0.25, 0.3) is 0 Å². The lowest BCUT2D eigenvalue weighted by Gasteiger charge is -2.36. The van der Waals surface area contributed by atoms with Crippen LogP contribution in [0.25, 0.3) is 0 Å². The van der Waals surface area contributed by atoms with Gasteiger partial charge in [0.15, 0.2) is 0 Å². The monoisotopic (exact) mass is 279 g/mol. The number of carbonyl (C=O) groups excluding carboxylic acids is 1. The Bertz CT molecular complexity index is 368. The molecule has 2 N–H and O–H groups in total. The van der Waals surface area contributed by atoms with Crippen molar-refractivity contribution in [1.82, 2.24) is 15.5 Å². The van der Waals surface area contributed by atoms with Crippen LogP contribution < -0.4 is 10.6 Å². The highest BCUT2D eigenvalue weighted by Gasteiger charge is 2.57. The van der Waals surface area contributed by atoms with Gasteiger partial charge >= 0.3 is 0 Å². The van der Waals surface area contributed by atoms with E-state index in [1.165, 1.54) is 38.5 Å². The first-order valence-corrected chi connectivity index (χ1v) is 8.24. The first-order valence-electron chi connectivity index (χ1n) is 8.24. The van der Waals surface area contributed by atoms with Gasteiger partial charge in [-0.05, 0) is 64.7 Å². The highest BCUT2D eigenvalue weighted by molar-refractivity contribution is 5.82. The summed E-state index contributed by atoms with van der Waals surface area (Å²) in [5.74, 6) is 0.616. The van der Waals surface area contributed by atoms with Gasteiger partial charge < -0.3 is 15.5 Å². The standard InChI is InChI=1S/C16H29N3O/c1-19(2)16(5-3-4-6-16)12-18-14(20)13-11-15(13)7-9-17-10-8-15/h13,17H,3-12H2,1-2H3,(H,18,20). The highest BCUT2D eigenvalue weighted by atomic mass is 16.2. The minimum Gasteiger partial charge on any atom is -0.354 e. The Kier molecular flexibility index (Phi) is 3.80. The molecule has 1 amide bonds. The van der Waals surface area contributed by atoms with Crippen molar-refractivity contribution in [2.45, 2.75) is 50.5 Å². The quantitative estimate of drug-likeness (QED) is 0.817. The van der Waals surface area contributed by atoms with E-state index in [0.717, 1.165) is 26.1 Å². The lowest BCUT2D eigenvalue weighted by molar-refractivity contribution is -0.123. The van der Waals surface area contributed by atoms with Crippen LogP contribution in [0.2, 0.25) is 0 Å².